The molecule has 0 atom stereocenters. The van der Waals surface area contributed by atoms with Gasteiger partial charge in [0.15, 0.2) is 0 Å². The van der Waals surface area contributed by atoms with E-state index < -0.39 is 28.5 Å². The monoisotopic (exact) mass is 342 g/mol. The maximum absolute atomic E-state index is 13.1. The van der Waals surface area contributed by atoms with E-state index in [0.29, 0.717) is 6.07 Å². The number of nitro benzene ring substituents is 1. The van der Waals surface area contributed by atoms with E-state index in [1.165, 1.54) is 0 Å². The topological polar surface area (TPSA) is 102 Å². The van der Waals surface area contributed by atoms with Gasteiger partial charge in [-0.1, -0.05) is 0 Å². The summed E-state index contributed by atoms with van der Waals surface area (Å²) in [6.45, 7) is 0. The summed E-state index contributed by atoms with van der Waals surface area (Å²) in [5.41, 5.74) is -1.70. The van der Waals surface area contributed by atoms with Crippen molar-refractivity contribution in [1.29, 1.82) is 0 Å². The molecule has 24 heavy (non-hydrogen) atoms. The van der Waals surface area contributed by atoms with Crippen molar-refractivity contribution in [2.45, 2.75) is 6.18 Å². The zero-order chi connectivity index (χ0) is 17.9. The molecule has 0 saturated carbocycles. The number of nitrogens with zero attached hydrogens (tertiary/aromatic N) is 1. The number of nitrogens with one attached hydrogen (secondary N) is 1. The summed E-state index contributed by atoms with van der Waals surface area (Å²) in [5.74, 6) is -0.600. The molecular formula is C14H9F3N2O5. The molecule has 0 aromatic heterocycles. The van der Waals surface area contributed by atoms with Crippen LogP contribution in [0.4, 0.5) is 29.3 Å². The number of alkyl halides is 3. The van der Waals surface area contributed by atoms with Gasteiger partial charge in [-0.25, -0.2) is 4.79 Å². The molecule has 0 aliphatic rings. The molecule has 0 spiro atoms. The molecule has 0 saturated heterocycles. The number of hydrogen-bond donors (Lipinski definition) is 2. The molecule has 0 heterocycles. The smallest absolute Gasteiger partial charge is 0.420 e. The van der Waals surface area contributed by atoms with Crippen LogP contribution in [0.3, 0.4) is 0 Å². The fourth-order valence-corrected chi connectivity index (χ4v) is 1.80. The maximum Gasteiger partial charge on any atom is 0.420 e. The van der Waals surface area contributed by atoms with Gasteiger partial charge in [-0.15, -0.1) is 0 Å². The molecule has 0 radical (unpaired) electrons. The van der Waals surface area contributed by atoms with Crippen molar-refractivity contribution in [3.63, 3.8) is 0 Å². The zero-order valence-corrected chi connectivity index (χ0v) is 11.7. The predicted molar refractivity (Wildman–Crippen MR) is 76.3 cm³/mol. The Bertz CT molecular complexity index is 775. The molecule has 2 aromatic carbocycles. The molecule has 10 heteroatoms. The SMILES string of the molecule is O=C(O)Nc1ccc(Oc2ccc([N+](=O)[O-])cc2)c(C(F)(F)F)c1. The van der Waals surface area contributed by atoms with Gasteiger partial charge in [-0.2, -0.15) is 13.2 Å². The minimum atomic E-state index is -4.79. The molecule has 0 fully saturated rings. The summed E-state index contributed by atoms with van der Waals surface area (Å²) in [6.07, 6.45) is -6.29. The lowest BCUT2D eigenvalue weighted by atomic mass is 10.1. The summed E-state index contributed by atoms with van der Waals surface area (Å²) in [4.78, 5) is 20.4. The van der Waals surface area contributed by atoms with Crippen LogP contribution in [-0.2, 0) is 6.18 Å². The standard InChI is InChI=1S/C14H9F3N2O5/c15-14(16,17)11-7-8(18-13(20)21)1-6-12(11)24-10-4-2-9(3-5-10)19(22)23/h1-7,18H,(H,20,21). The first-order chi connectivity index (χ1) is 11.2. The van der Waals surface area contributed by atoms with Gasteiger partial charge < -0.3 is 9.84 Å². The zero-order valence-electron chi connectivity index (χ0n) is 11.7. The molecule has 2 rings (SSSR count). The Morgan fingerprint density at radius 3 is 2.29 bits per heavy atom. The number of rotatable bonds is 4. The Morgan fingerprint density at radius 2 is 1.79 bits per heavy atom. The van der Waals surface area contributed by atoms with E-state index in [9.17, 15) is 28.1 Å². The van der Waals surface area contributed by atoms with Crippen LogP contribution in [0.2, 0.25) is 0 Å². The van der Waals surface area contributed by atoms with Crippen molar-refractivity contribution < 1.29 is 32.7 Å². The lowest BCUT2D eigenvalue weighted by molar-refractivity contribution is -0.384. The van der Waals surface area contributed by atoms with Gasteiger partial charge in [0.2, 0.25) is 0 Å². The molecule has 0 unspecified atom stereocenters. The van der Waals surface area contributed by atoms with Crippen LogP contribution in [0.15, 0.2) is 42.5 Å². The van der Waals surface area contributed by atoms with Gasteiger partial charge in [0.05, 0.1) is 4.92 Å². The van der Waals surface area contributed by atoms with Crippen LogP contribution < -0.4 is 10.1 Å². The van der Waals surface area contributed by atoms with E-state index in [-0.39, 0.29) is 17.1 Å². The number of anilines is 1. The second-order valence-electron chi connectivity index (χ2n) is 4.49. The van der Waals surface area contributed by atoms with Crippen LogP contribution in [0, 0.1) is 10.1 Å². The van der Waals surface area contributed by atoms with Gasteiger partial charge in [0.25, 0.3) is 5.69 Å². The van der Waals surface area contributed by atoms with E-state index in [2.05, 4.69) is 0 Å². The summed E-state index contributed by atoms with van der Waals surface area (Å²) in [6, 6.07) is 7.13. The fourth-order valence-electron chi connectivity index (χ4n) is 1.80. The molecule has 2 N–H and O–H groups in total. The van der Waals surface area contributed by atoms with Crippen molar-refractivity contribution >= 4 is 17.5 Å². The number of halogens is 3. The minimum absolute atomic E-state index is 0.0370. The number of benzene rings is 2. The molecule has 0 aliphatic carbocycles. The Balaban J connectivity index is 2.34. The number of ether oxygens (including phenoxy) is 1. The minimum Gasteiger partial charge on any atom is -0.465 e. The highest BCUT2D eigenvalue weighted by Crippen LogP contribution is 2.39. The third-order valence-corrected chi connectivity index (χ3v) is 2.81. The van der Waals surface area contributed by atoms with E-state index in [4.69, 9.17) is 9.84 Å². The van der Waals surface area contributed by atoms with Crippen molar-refractivity contribution in [3.8, 4) is 11.5 Å². The molecule has 1 amide bonds. The summed E-state index contributed by atoms with van der Waals surface area (Å²) in [5, 5.41) is 20.9. The largest absolute Gasteiger partial charge is 0.465 e. The van der Waals surface area contributed by atoms with Crippen molar-refractivity contribution in [2.75, 3.05) is 5.32 Å². The third kappa shape index (κ3) is 4.12. The van der Waals surface area contributed by atoms with Gasteiger partial charge in [-0.05, 0) is 30.3 Å². The van der Waals surface area contributed by atoms with Crippen LogP contribution >= 0.6 is 0 Å². The molecular weight excluding hydrogens is 333 g/mol. The number of hydrogen-bond acceptors (Lipinski definition) is 4. The lowest BCUT2D eigenvalue weighted by Gasteiger charge is -2.15. The second kappa shape index (κ2) is 6.44. The number of amides is 1. The summed E-state index contributed by atoms with van der Waals surface area (Å²) < 4.78 is 44.4. The number of carbonyl (C=O) groups is 1. The maximum atomic E-state index is 13.1. The van der Waals surface area contributed by atoms with Crippen molar-refractivity contribution in [3.05, 3.63) is 58.1 Å². The van der Waals surface area contributed by atoms with Crippen LogP contribution in [0.1, 0.15) is 5.56 Å². The van der Waals surface area contributed by atoms with Gasteiger partial charge in [0.1, 0.15) is 17.1 Å². The normalized spacial score (nSPS) is 11.0. The van der Waals surface area contributed by atoms with Crippen LogP contribution in [0.5, 0.6) is 11.5 Å². The number of carboxylic acid groups (broad SMARTS) is 1. The first-order valence-electron chi connectivity index (χ1n) is 6.30. The predicted octanol–water partition coefficient (Wildman–Crippen LogP) is 4.50. The summed E-state index contributed by atoms with van der Waals surface area (Å²) in [7, 11) is 0. The molecule has 0 aliphatic heterocycles. The van der Waals surface area contributed by atoms with Gasteiger partial charge in [-0.3, -0.25) is 15.4 Å². The van der Waals surface area contributed by atoms with E-state index in [1.807, 2.05) is 5.32 Å². The molecule has 0 bridgehead atoms. The van der Waals surface area contributed by atoms with Gasteiger partial charge in [0, 0.05) is 17.8 Å². The molecule has 126 valence electrons. The first-order valence-corrected chi connectivity index (χ1v) is 6.30. The van der Waals surface area contributed by atoms with E-state index in [1.54, 1.807) is 0 Å². The average molecular weight is 342 g/mol. The Morgan fingerprint density at radius 1 is 1.17 bits per heavy atom. The quantitative estimate of drug-likeness (QED) is 0.629. The lowest BCUT2D eigenvalue weighted by Crippen LogP contribution is -2.11. The number of nitro groups is 1. The Kier molecular flexibility index (Phi) is 4.58. The first kappa shape index (κ1) is 17.1. The fraction of sp³-hybridized carbons (Fsp3) is 0.0714. The van der Waals surface area contributed by atoms with Crippen LogP contribution in [-0.4, -0.2) is 16.1 Å². The van der Waals surface area contributed by atoms with E-state index >= 15 is 0 Å². The second-order valence-corrected chi connectivity index (χ2v) is 4.49. The van der Waals surface area contributed by atoms with Crippen LogP contribution in [0.25, 0.3) is 0 Å². The highest BCUT2D eigenvalue weighted by Gasteiger charge is 2.35. The van der Waals surface area contributed by atoms with Crippen molar-refractivity contribution in [2.24, 2.45) is 0 Å². The molecule has 2 aromatic rings. The van der Waals surface area contributed by atoms with E-state index in [0.717, 1.165) is 36.4 Å². The third-order valence-electron chi connectivity index (χ3n) is 2.81. The van der Waals surface area contributed by atoms with Gasteiger partial charge >= 0.3 is 12.3 Å². The average Bonchev–Trinajstić information content (AvgIpc) is 2.47. The number of non-ortho nitro benzene ring substituents is 1. The Labute approximate surface area is 132 Å². The highest BCUT2D eigenvalue weighted by molar-refractivity contribution is 5.83. The Hall–Kier alpha value is -3.30. The van der Waals surface area contributed by atoms with Crippen molar-refractivity contribution in [1.82, 2.24) is 0 Å². The highest BCUT2D eigenvalue weighted by atomic mass is 19.4. The molecule has 7 nitrogen and oxygen atoms in total. The summed E-state index contributed by atoms with van der Waals surface area (Å²) >= 11 is 0.